The van der Waals surface area contributed by atoms with Crippen LogP contribution >= 0.6 is 0 Å². The minimum Gasteiger partial charge on any atom is -0.462 e. The lowest BCUT2D eigenvalue weighted by molar-refractivity contribution is 0.0526. The molecule has 0 aliphatic heterocycles. The largest absolute Gasteiger partial charge is 0.462 e. The zero-order chi connectivity index (χ0) is 12.7. The number of ether oxygens (including phenoxy) is 1. The van der Waals surface area contributed by atoms with E-state index < -0.39 is 0 Å². The van der Waals surface area contributed by atoms with Crippen molar-refractivity contribution in [3.05, 3.63) is 35.5 Å². The monoisotopic (exact) mass is 234 g/mol. The summed E-state index contributed by atoms with van der Waals surface area (Å²) in [6.07, 6.45) is 3.59. The zero-order valence-corrected chi connectivity index (χ0v) is 10.5. The minimum absolute atomic E-state index is 0.337. The van der Waals surface area contributed by atoms with Crippen LogP contribution in [0.1, 0.15) is 31.1 Å². The van der Waals surface area contributed by atoms with E-state index in [1.165, 1.54) is 11.8 Å². The maximum absolute atomic E-state index is 11.4. The lowest BCUT2D eigenvalue weighted by Gasteiger charge is -2.04. The molecule has 0 saturated heterocycles. The normalized spacial score (nSPS) is 9.59. The molecule has 4 heteroatoms. The number of pyridine rings is 1. The van der Waals surface area contributed by atoms with Crippen LogP contribution < -0.4 is 5.32 Å². The van der Waals surface area contributed by atoms with E-state index in [0.717, 1.165) is 12.4 Å². The first-order valence-corrected chi connectivity index (χ1v) is 5.64. The topological polar surface area (TPSA) is 51.2 Å². The molecule has 0 radical (unpaired) electrons. The van der Waals surface area contributed by atoms with Crippen molar-refractivity contribution >= 4 is 11.8 Å². The number of carbonyl (C=O) groups is 1. The molecule has 0 unspecified atom stereocenters. The van der Waals surface area contributed by atoms with Crippen LogP contribution in [0.25, 0.3) is 0 Å². The molecule has 1 N–H and O–H groups in total. The number of esters is 1. The number of anilines is 1. The lowest BCUT2D eigenvalue weighted by atomic mass is 10.3. The van der Waals surface area contributed by atoms with Gasteiger partial charge in [-0.15, -0.1) is 0 Å². The van der Waals surface area contributed by atoms with E-state index in [2.05, 4.69) is 16.4 Å². The van der Waals surface area contributed by atoms with Crippen molar-refractivity contribution in [2.75, 3.05) is 18.5 Å². The number of hydrogen-bond donors (Lipinski definition) is 1. The maximum Gasteiger partial charge on any atom is 0.339 e. The summed E-state index contributed by atoms with van der Waals surface area (Å²) in [5.74, 6) is 0.409. The third kappa shape index (κ3) is 4.68. The van der Waals surface area contributed by atoms with Gasteiger partial charge < -0.3 is 10.1 Å². The second-order valence-electron chi connectivity index (χ2n) is 3.81. The van der Waals surface area contributed by atoms with Crippen LogP contribution in [0.5, 0.6) is 0 Å². The molecule has 92 valence electrons. The summed E-state index contributed by atoms with van der Waals surface area (Å²) >= 11 is 0. The first kappa shape index (κ1) is 13.2. The Balaban J connectivity index is 2.56. The molecule has 17 heavy (non-hydrogen) atoms. The highest BCUT2D eigenvalue weighted by Crippen LogP contribution is 2.06. The fourth-order valence-electron chi connectivity index (χ4n) is 1.19. The average molecular weight is 234 g/mol. The first-order valence-electron chi connectivity index (χ1n) is 5.64. The highest BCUT2D eigenvalue weighted by atomic mass is 16.5. The first-order chi connectivity index (χ1) is 8.13. The summed E-state index contributed by atoms with van der Waals surface area (Å²) in [6, 6.07) is 3.47. The fraction of sp³-hybridized carbons (Fsp3) is 0.385. The number of rotatable bonds is 5. The summed E-state index contributed by atoms with van der Waals surface area (Å²) in [5, 5.41) is 3.13. The summed E-state index contributed by atoms with van der Waals surface area (Å²) in [4.78, 5) is 15.5. The van der Waals surface area contributed by atoms with Crippen molar-refractivity contribution in [2.24, 2.45) is 0 Å². The number of aromatic nitrogens is 1. The van der Waals surface area contributed by atoms with Crippen molar-refractivity contribution in [3.8, 4) is 0 Å². The van der Waals surface area contributed by atoms with Gasteiger partial charge >= 0.3 is 5.97 Å². The van der Waals surface area contributed by atoms with Crippen molar-refractivity contribution in [2.45, 2.75) is 20.8 Å². The van der Waals surface area contributed by atoms with Gasteiger partial charge in [-0.25, -0.2) is 9.78 Å². The van der Waals surface area contributed by atoms with Crippen molar-refractivity contribution in [3.63, 3.8) is 0 Å². The van der Waals surface area contributed by atoms with Crippen molar-refractivity contribution in [1.29, 1.82) is 0 Å². The predicted octanol–water partition coefficient (Wildman–Crippen LogP) is 2.64. The molecule has 1 heterocycles. The smallest absolute Gasteiger partial charge is 0.339 e. The van der Waals surface area contributed by atoms with Gasteiger partial charge in [0.15, 0.2) is 0 Å². The molecule has 4 nitrogen and oxygen atoms in total. The third-order valence-corrected chi connectivity index (χ3v) is 2.07. The van der Waals surface area contributed by atoms with E-state index >= 15 is 0 Å². The van der Waals surface area contributed by atoms with Crippen LogP contribution in [0.15, 0.2) is 30.0 Å². The standard InChI is InChI=1S/C13H18N2O2/c1-4-17-13(16)11-5-6-12(15-9-11)14-8-7-10(2)3/h5-7,9H,4,8H2,1-3H3,(H,14,15). The Labute approximate surface area is 102 Å². The van der Waals surface area contributed by atoms with Gasteiger partial charge in [-0.05, 0) is 32.9 Å². The molecule has 0 spiro atoms. The molecular formula is C13H18N2O2. The van der Waals surface area contributed by atoms with E-state index in [1.54, 1.807) is 19.1 Å². The Bertz CT molecular complexity index is 392. The number of nitrogens with one attached hydrogen (secondary N) is 1. The summed E-state index contributed by atoms with van der Waals surface area (Å²) in [7, 11) is 0. The molecule has 0 saturated carbocycles. The average Bonchev–Trinajstić information content (AvgIpc) is 2.30. The van der Waals surface area contributed by atoms with Gasteiger partial charge in [0.05, 0.1) is 12.2 Å². The van der Waals surface area contributed by atoms with Crippen LogP contribution in [0, 0.1) is 0 Å². The summed E-state index contributed by atoms with van der Waals surface area (Å²) < 4.78 is 4.87. The molecule has 0 fully saturated rings. The van der Waals surface area contributed by atoms with E-state index in [9.17, 15) is 4.79 Å². The molecule has 1 aromatic rings. The van der Waals surface area contributed by atoms with Crippen LogP contribution in [0.4, 0.5) is 5.82 Å². The molecule has 0 bridgehead atoms. The third-order valence-electron chi connectivity index (χ3n) is 2.07. The SMILES string of the molecule is CCOC(=O)c1ccc(NCC=C(C)C)nc1. The lowest BCUT2D eigenvalue weighted by Crippen LogP contribution is -2.06. The second kappa shape index (κ2) is 6.68. The van der Waals surface area contributed by atoms with Gasteiger partial charge in [0, 0.05) is 12.7 Å². The highest BCUT2D eigenvalue weighted by molar-refractivity contribution is 5.89. The van der Waals surface area contributed by atoms with Crippen LogP contribution in [0.3, 0.4) is 0 Å². The quantitative estimate of drug-likeness (QED) is 0.628. The summed E-state index contributed by atoms with van der Waals surface area (Å²) in [6.45, 7) is 6.96. The van der Waals surface area contributed by atoms with Crippen molar-refractivity contribution in [1.82, 2.24) is 4.98 Å². The van der Waals surface area contributed by atoms with Gasteiger partial charge in [0.1, 0.15) is 5.82 Å². The second-order valence-corrected chi connectivity index (χ2v) is 3.81. The minimum atomic E-state index is -0.337. The number of nitrogens with zero attached hydrogens (tertiary/aromatic N) is 1. The van der Waals surface area contributed by atoms with Crippen LogP contribution in [0.2, 0.25) is 0 Å². The van der Waals surface area contributed by atoms with E-state index in [4.69, 9.17) is 4.74 Å². The van der Waals surface area contributed by atoms with E-state index in [-0.39, 0.29) is 5.97 Å². The van der Waals surface area contributed by atoms with Crippen LogP contribution in [-0.4, -0.2) is 24.1 Å². The Morgan fingerprint density at radius 2 is 2.24 bits per heavy atom. The van der Waals surface area contributed by atoms with Gasteiger partial charge in [-0.3, -0.25) is 0 Å². The van der Waals surface area contributed by atoms with E-state index in [1.807, 2.05) is 13.8 Å². The van der Waals surface area contributed by atoms with Gasteiger partial charge in [-0.2, -0.15) is 0 Å². The number of hydrogen-bond acceptors (Lipinski definition) is 4. The molecule has 0 aliphatic carbocycles. The molecule has 1 aromatic heterocycles. The molecular weight excluding hydrogens is 216 g/mol. The number of allylic oxidation sites excluding steroid dienone is 1. The maximum atomic E-state index is 11.4. The fourth-order valence-corrected chi connectivity index (χ4v) is 1.19. The molecule has 0 aromatic carbocycles. The van der Waals surface area contributed by atoms with E-state index in [0.29, 0.717) is 12.2 Å². The Hall–Kier alpha value is -1.84. The highest BCUT2D eigenvalue weighted by Gasteiger charge is 2.05. The summed E-state index contributed by atoms with van der Waals surface area (Å²) in [5.41, 5.74) is 1.72. The predicted molar refractivity (Wildman–Crippen MR) is 68.1 cm³/mol. The van der Waals surface area contributed by atoms with Gasteiger partial charge in [0.25, 0.3) is 0 Å². The molecule has 0 atom stereocenters. The van der Waals surface area contributed by atoms with Crippen molar-refractivity contribution < 1.29 is 9.53 Å². The number of carbonyl (C=O) groups excluding carboxylic acids is 1. The van der Waals surface area contributed by atoms with Gasteiger partial charge in [-0.1, -0.05) is 11.6 Å². The zero-order valence-electron chi connectivity index (χ0n) is 10.5. The van der Waals surface area contributed by atoms with Crippen LogP contribution in [-0.2, 0) is 4.74 Å². The Morgan fingerprint density at radius 3 is 2.76 bits per heavy atom. The van der Waals surface area contributed by atoms with Gasteiger partial charge in [0.2, 0.25) is 0 Å². The Kier molecular flexibility index (Phi) is 5.20. The Morgan fingerprint density at radius 1 is 1.47 bits per heavy atom. The molecule has 0 aliphatic rings. The molecule has 0 amide bonds. The molecule has 1 rings (SSSR count).